The topological polar surface area (TPSA) is 44.8 Å². The fourth-order valence-electron chi connectivity index (χ4n) is 4.14. The number of carbonyl (C=O) groups excluding carboxylic acids is 1. The first-order chi connectivity index (χ1) is 11.2. The van der Waals surface area contributed by atoms with Crippen LogP contribution in [0.4, 0.5) is 0 Å². The van der Waals surface area contributed by atoms with Gasteiger partial charge in [-0.2, -0.15) is 0 Å². The van der Waals surface area contributed by atoms with Crippen molar-refractivity contribution in [3.05, 3.63) is 0 Å². The summed E-state index contributed by atoms with van der Waals surface area (Å²) in [6.45, 7) is 10.2. The molecule has 0 aromatic rings. The normalized spacial score (nSPS) is 28.8. The third-order valence-corrected chi connectivity index (χ3v) is 5.68. The van der Waals surface area contributed by atoms with Crippen LogP contribution in [0.1, 0.15) is 39.0 Å². The second-order valence-corrected chi connectivity index (χ2v) is 7.76. The van der Waals surface area contributed by atoms with Gasteiger partial charge in [-0.05, 0) is 50.6 Å². The largest absolute Gasteiger partial charge is 0.378 e. The maximum atomic E-state index is 12.6. The third-order valence-electron chi connectivity index (χ3n) is 5.68. The van der Waals surface area contributed by atoms with E-state index in [2.05, 4.69) is 22.0 Å². The van der Waals surface area contributed by atoms with Crippen molar-refractivity contribution in [1.29, 1.82) is 0 Å². The number of hydrogen-bond acceptors (Lipinski definition) is 4. The van der Waals surface area contributed by atoms with Gasteiger partial charge in [-0.1, -0.05) is 6.92 Å². The van der Waals surface area contributed by atoms with E-state index >= 15 is 0 Å². The Morgan fingerprint density at radius 2 is 1.92 bits per heavy atom. The highest BCUT2D eigenvalue weighted by atomic mass is 35.5. The highest BCUT2D eigenvalue weighted by Gasteiger charge is 2.28. The summed E-state index contributed by atoms with van der Waals surface area (Å²) in [4.78, 5) is 17.3. The number of likely N-dealkylation sites (tertiary alicyclic amines) is 2. The van der Waals surface area contributed by atoms with Crippen molar-refractivity contribution in [2.24, 2.45) is 11.8 Å². The van der Waals surface area contributed by atoms with E-state index in [9.17, 15) is 4.79 Å². The first-order valence-electron chi connectivity index (χ1n) is 9.52. The number of nitrogens with one attached hydrogen (secondary N) is 1. The van der Waals surface area contributed by atoms with Gasteiger partial charge in [0, 0.05) is 38.6 Å². The average Bonchev–Trinajstić information content (AvgIpc) is 2.58. The first kappa shape index (κ1) is 23.0. The zero-order valence-electron chi connectivity index (χ0n) is 15.5. The molecule has 2 atom stereocenters. The van der Waals surface area contributed by atoms with Crippen molar-refractivity contribution in [2.45, 2.75) is 45.1 Å². The van der Waals surface area contributed by atoms with Crippen molar-refractivity contribution in [3.8, 4) is 0 Å². The molecule has 3 rings (SSSR count). The number of ether oxygens (including phenoxy) is 1. The van der Waals surface area contributed by atoms with E-state index in [0.717, 1.165) is 38.6 Å². The van der Waals surface area contributed by atoms with Gasteiger partial charge in [0.25, 0.3) is 0 Å². The number of piperidine rings is 2. The van der Waals surface area contributed by atoms with Crippen LogP contribution < -0.4 is 5.32 Å². The minimum Gasteiger partial charge on any atom is -0.378 e. The van der Waals surface area contributed by atoms with Crippen LogP contribution in [0.2, 0.25) is 0 Å². The lowest BCUT2D eigenvalue weighted by Crippen LogP contribution is -2.48. The number of amides is 1. The molecule has 148 valence electrons. The van der Waals surface area contributed by atoms with E-state index in [0.29, 0.717) is 24.9 Å². The molecule has 7 heteroatoms. The highest BCUT2D eigenvalue weighted by molar-refractivity contribution is 5.85. The summed E-state index contributed by atoms with van der Waals surface area (Å²) in [7, 11) is 0. The monoisotopic (exact) mass is 395 g/mol. The summed E-state index contributed by atoms with van der Waals surface area (Å²) in [5.41, 5.74) is 0. The van der Waals surface area contributed by atoms with Crippen LogP contribution in [0.3, 0.4) is 0 Å². The van der Waals surface area contributed by atoms with Gasteiger partial charge in [-0.3, -0.25) is 4.79 Å². The minimum absolute atomic E-state index is 0. The number of hydrogen-bond donors (Lipinski definition) is 1. The maximum Gasteiger partial charge on any atom is 0.224 e. The SMILES string of the molecule is CC1CCN(CC2CCCN(C(=O)CC3COCCN3)C2)CC1.Cl.Cl. The van der Waals surface area contributed by atoms with Gasteiger partial charge < -0.3 is 19.9 Å². The molecule has 0 bridgehead atoms. The highest BCUT2D eigenvalue weighted by Crippen LogP contribution is 2.22. The molecule has 0 aromatic heterocycles. The first-order valence-corrected chi connectivity index (χ1v) is 9.52. The molecule has 3 saturated heterocycles. The van der Waals surface area contributed by atoms with Crippen LogP contribution in [0.15, 0.2) is 0 Å². The molecule has 3 fully saturated rings. The molecule has 3 aliphatic rings. The van der Waals surface area contributed by atoms with Crippen molar-refractivity contribution < 1.29 is 9.53 Å². The predicted octanol–water partition coefficient (Wildman–Crippen LogP) is 2.18. The summed E-state index contributed by atoms with van der Waals surface area (Å²) in [6, 6.07) is 0.209. The van der Waals surface area contributed by atoms with Crippen molar-refractivity contribution in [1.82, 2.24) is 15.1 Å². The second-order valence-electron chi connectivity index (χ2n) is 7.76. The third kappa shape index (κ3) is 7.22. The summed E-state index contributed by atoms with van der Waals surface area (Å²) < 4.78 is 5.46. The average molecular weight is 396 g/mol. The van der Waals surface area contributed by atoms with Crippen LogP contribution in [0, 0.1) is 11.8 Å². The van der Waals surface area contributed by atoms with Gasteiger partial charge in [0.2, 0.25) is 5.91 Å². The molecule has 0 spiro atoms. The Labute approximate surface area is 165 Å². The zero-order valence-corrected chi connectivity index (χ0v) is 17.1. The van der Waals surface area contributed by atoms with Crippen LogP contribution in [-0.4, -0.2) is 74.2 Å². The lowest BCUT2D eigenvalue weighted by atomic mass is 9.94. The number of rotatable bonds is 4. The number of morpholine rings is 1. The lowest BCUT2D eigenvalue weighted by molar-refractivity contribution is -0.134. The fourth-order valence-corrected chi connectivity index (χ4v) is 4.14. The van der Waals surface area contributed by atoms with Crippen molar-refractivity contribution in [2.75, 3.05) is 52.5 Å². The molecule has 5 nitrogen and oxygen atoms in total. The second kappa shape index (κ2) is 11.6. The van der Waals surface area contributed by atoms with Gasteiger partial charge >= 0.3 is 0 Å². The Balaban J connectivity index is 0.00000156. The summed E-state index contributed by atoms with van der Waals surface area (Å²) in [6.07, 6.45) is 5.70. The van der Waals surface area contributed by atoms with E-state index in [4.69, 9.17) is 4.74 Å². The smallest absolute Gasteiger partial charge is 0.224 e. The Hall–Kier alpha value is -0.0700. The Morgan fingerprint density at radius 1 is 1.16 bits per heavy atom. The molecule has 0 saturated carbocycles. The standard InChI is InChI=1S/C18H33N3O2.2ClH/c1-15-4-8-20(9-5-15)12-16-3-2-7-21(13-16)18(22)11-17-14-23-10-6-19-17;;/h15-17,19H,2-14H2,1H3;2*1H. The van der Waals surface area contributed by atoms with Crippen molar-refractivity contribution >= 4 is 30.7 Å². The molecular formula is C18H35Cl2N3O2. The minimum atomic E-state index is 0. The Kier molecular flexibility index (Phi) is 10.7. The summed E-state index contributed by atoms with van der Waals surface area (Å²) in [5, 5.41) is 3.39. The summed E-state index contributed by atoms with van der Waals surface area (Å²) in [5.74, 6) is 1.86. The van der Waals surface area contributed by atoms with Gasteiger partial charge in [0.1, 0.15) is 0 Å². The Morgan fingerprint density at radius 3 is 2.60 bits per heavy atom. The van der Waals surface area contributed by atoms with Gasteiger partial charge in [0.15, 0.2) is 0 Å². The van der Waals surface area contributed by atoms with E-state index in [1.165, 1.54) is 38.9 Å². The molecule has 0 aliphatic carbocycles. The van der Waals surface area contributed by atoms with Gasteiger partial charge in [0.05, 0.1) is 13.2 Å². The maximum absolute atomic E-state index is 12.6. The molecule has 3 aliphatic heterocycles. The molecule has 0 aromatic carbocycles. The van der Waals surface area contributed by atoms with E-state index < -0.39 is 0 Å². The predicted molar refractivity (Wildman–Crippen MR) is 106 cm³/mol. The number of nitrogens with zero attached hydrogens (tertiary/aromatic N) is 2. The van der Waals surface area contributed by atoms with Crippen LogP contribution in [0.25, 0.3) is 0 Å². The van der Waals surface area contributed by atoms with Crippen molar-refractivity contribution in [3.63, 3.8) is 0 Å². The molecule has 3 heterocycles. The molecule has 1 N–H and O–H groups in total. The number of halogens is 2. The molecule has 1 amide bonds. The van der Waals surface area contributed by atoms with E-state index in [1.54, 1.807) is 0 Å². The Bertz CT molecular complexity index is 387. The van der Waals surface area contributed by atoms with Crippen LogP contribution in [-0.2, 0) is 9.53 Å². The molecular weight excluding hydrogens is 361 g/mol. The summed E-state index contributed by atoms with van der Waals surface area (Å²) >= 11 is 0. The molecule has 0 radical (unpaired) electrons. The van der Waals surface area contributed by atoms with Crippen LogP contribution in [0.5, 0.6) is 0 Å². The van der Waals surface area contributed by atoms with E-state index in [1.807, 2.05) is 0 Å². The quantitative estimate of drug-likeness (QED) is 0.791. The van der Waals surface area contributed by atoms with Gasteiger partial charge in [-0.25, -0.2) is 0 Å². The van der Waals surface area contributed by atoms with Crippen LogP contribution >= 0.6 is 24.8 Å². The zero-order chi connectivity index (χ0) is 16.1. The fraction of sp³-hybridized carbons (Fsp3) is 0.944. The molecule has 2 unspecified atom stereocenters. The van der Waals surface area contributed by atoms with Gasteiger partial charge in [-0.15, -0.1) is 24.8 Å². The molecule has 25 heavy (non-hydrogen) atoms. The number of carbonyl (C=O) groups is 1. The lowest BCUT2D eigenvalue weighted by Gasteiger charge is -2.38. The van der Waals surface area contributed by atoms with E-state index in [-0.39, 0.29) is 30.9 Å².